The molecule has 4 heteroatoms. The van der Waals surface area contributed by atoms with Crippen LogP contribution in [0.4, 0.5) is 5.69 Å². The Morgan fingerprint density at radius 3 is 2.05 bits per heavy atom. The summed E-state index contributed by atoms with van der Waals surface area (Å²) in [5.41, 5.74) is 1.48. The molecule has 0 fully saturated rings. The topological polar surface area (TPSA) is 57.6 Å². The highest BCUT2D eigenvalue weighted by Gasteiger charge is 2.14. The van der Waals surface area contributed by atoms with Crippen molar-refractivity contribution in [3.63, 3.8) is 0 Å². The quantitative estimate of drug-likeness (QED) is 0.794. The summed E-state index contributed by atoms with van der Waals surface area (Å²) in [6.45, 7) is 0.471. The van der Waals surface area contributed by atoms with Crippen LogP contribution in [0, 0.1) is 0 Å². The Hall–Kier alpha value is -2.62. The molecule has 0 radical (unpaired) electrons. The lowest BCUT2D eigenvalue weighted by Crippen LogP contribution is -2.32. The van der Waals surface area contributed by atoms with E-state index >= 15 is 0 Å². The van der Waals surface area contributed by atoms with Crippen molar-refractivity contribution in [3.8, 4) is 0 Å². The molecular weight excluding hydrogens is 266 g/mol. The first kappa shape index (κ1) is 14.8. The minimum Gasteiger partial charge on any atom is -0.481 e. The molecule has 0 heterocycles. The van der Waals surface area contributed by atoms with Crippen LogP contribution >= 0.6 is 0 Å². The Kier molecular flexibility index (Phi) is 5.10. The summed E-state index contributed by atoms with van der Waals surface area (Å²) in [6.07, 6.45) is -0.00301. The molecule has 2 aromatic carbocycles. The normalized spacial score (nSPS) is 10.1. The van der Waals surface area contributed by atoms with Gasteiger partial charge in [0.05, 0.1) is 13.0 Å². The number of carboxylic acid groups (broad SMARTS) is 1. The van der Waals surface area contributed by atoms with Gasteiger partial charge in [-0.15, -0.1) is 0 Å². The number of aliphatic carboxylic acids is 1. The molecule has 2 rings (SSSR count). The third-order valence-corrected chi connectivity index (χ3v) is 3.15. The molecule has 0 spiro atoms. The van der Waals surface area contributed by atoms with Crippen molar-refractivity contribution >= 4 is 17.4 Å². The van der Waals surface area contributed by atoms with E-state index in [0.717, 1.165) is 5.69 Å². The fraction of sp³-hybridized carbons (Fsp3) is 0.176. The van der Waals surface area contributed by atoms with Gasteiger partial charge in [0.25, 0.3) is 0 Å². The SMILES string of the molecule is O=C(O)CCN(CC(=O)c1ccccc1)c1ccccc1. The van der Waals surface area contributed by atoms with Gasteiger partial charge in [0.15, 0.2) is 5.78 Å². The van der Waals surface area contributed by atoms with E-state index in [2.05, 4.69) is 0 Å². The first-order valence-corrected chi connectivity index (χ1v) is 6.77. The molecule has 0 aliphatic heterocycles. The van der Waals surface area contributed by atoms with Crippen molar-refractivity contribution in [2.75, 3.05) is 18.0 Å². The molecule has 0 bridgehead atoms. The number of benzene rings is 2. The Balaban J connectivity index is 2.12. The molecule has 0 unspecified atom stereocenters. The predicted octanol–water partition coefficient (Wildman–Crippen LogP) is 2.85. The standard InChI is InChI=1S/C17H17NO3/c19-16(14-7-3-1-4-8-14)13-18(12-11-17(20)21)15-9-5-2-6-10-15/h1-10H,11-13H2,(H,20,21). The third kappa shape index (κ3) is 4.45. The van der Waals surface area contributed by atoms with Gasteiger partial charge in [-0.3, -0.25) is 9.59 Å². The number of carboxylic acids is 1. The number of hydrogen-bond acceptors (Lipinski definition) is 3. The Bertz CT molecular complexity index is 596. The molecule has 0 aromatic heterocycles. The summed E-state index contributed by atoms with van der Waals surface area (Å²) in [5, 5.41) is 8.85. The van der Waals surface area contributed by atoms with E-state index in [0.29, 0.717) is 12.1 Å². The van der Waals surface area contributed by atoms with E-state index in [9.17, 15) is 9.59 Å². The van der Waals surface area contributed by atoms with Gasteiger partial charge in [-0.05, 0) is 12.1 Å². The number of hydrogen-bond donors (Lipinski definition) is 1. The number of rotatable bonds is 7. The zero-order chi connectivity index (χ0) is 15.1. The number of para-hydroxylation sites is 1. The maximum absolute atomic E-state index is 12.3. The number of ketones is 1. The van der Waals surface area contributed by atoms with E-state index in [1.807, 2.05) is 48.5 Å². The number of Topliss-reactive ketones (excluding diaryl/α,β-unsaturated/α-hetero) is 1. The van der Waals surface area contributed by atoms with Crippen molar-refractivity contribution in [2.24, 2.45) is 0 Å². The lowest BCUT2D eigenvalue weighted by Gasteiger charge is -2.23. The maximum atomic E-state index is 12.3. The predicted molar refractivity (Wildman–Crippen MR) is 81.7 cm³/mol. The molecule has 1 N–H and O–H groups in total. The van der Waals surface area contributed by atoms with Crippen LogP contribution in [-0.2, 0) is 4.79 Å². The van der Waals surface area contributed by atoms with Crippen molar-refractivity contribution in [2.45, 2.75) is 6.42 Å². The summed E-state index contributed by atoms with van der Waals surface area (Å²) in [4.78, 5) is 24.9. The largest absolute Gasteiger partial charge is 0.481 e. The molecular formula is C17H17NO3. The van der Waals surface area contributed by atoms with Crippen LogP contribution in [-0.4, -0.2) is 29.9 Å². The van der Waals surface area contributed by atoms with Crippen LogP contribution < -0.4 is 4.90 Å². The average molecular weight is 283 g/mol. The van der Waals surface area contributed by atoms with E-state index in [1.54, 1.807) is 17.0 Å². The molecule has 0 amide bonds. The summed E-state index contributed by atoms with van der Waals surface area (Å²) in [6, 6.07) is 18.4. The summed E-state index contributed by atoms with van der Waals surface area (Å²) >= 11 is 0. The van der Waals surface area contributed by atoms with Crippen LogP contribution in [0.25, 0.3) is 0 Å². The second-order valence-corrected chi connectivity index (χ2v) is 4.69. The van der Waals surface area contributed by atoms with Gasteiger partial charge in [-0.25, -0.2) is 0 Å². The highest BCUT2D eigenvalue weighted by Crippen LogP contribution is 2.14. The molecule has 4 nitrogen and oxygen atoms in total. The van der Waals surface area contributed by atoms with Crippen LogP contribution in [0.3, 0.4) is 0 Å². The van der Waals surface area contributed by atoms with Crippen molar-refractivity contribution in [1.82, 2.24) is 0 Å². The molecule has 0 atom stereocenters. The zero-order valence-electron chi connectivity index (χ0n) is 11.6. The van der Waals surface area contributed by atoms with E-state index in [-0.39, 0.29) is 18.7 Å². The summed E-state index contributed by atoms with van der Waals surface area (Å²) in [5.74, 6) is -0.895. The van der Waals surface area contributed by atoms with Crippen LogP contribution in [0.2, 0.25) is 0 Å². The van der Waals surface area contributed by atoms with E-state index in [1.165, 1.54) is 0 Å². The highest BCUT2D eigenvalue weighted by atomic mass is 16.4. The maximum Gasteiger partial charge on any atom is 0.305 e. The van der Waals surface area contributed by atoms with Gasteiger partial charge >= 0.3 is 5.97 Å². The van der Waals surface area contributed by atoms with Gasteiger partial charge in [-0.1, -0.05) is 48.5 Å². The van der Waals surface area contributed by atoms with Crippen LogP contribution in [0.1, 0.15) is 16.8 Å². The lowest BCUT2D eigenvalue weighted by atomic mass is 10.1. The molecule has 0 saturated carbocycles. The molecule has 21 heavy (non-hydrogen) atoms. The second kappa shape index (κ2) is 7.24. The minimum atomic E-state index is -0.872. The van der Waals surface area contributed by atoms with Gasteiger partial charge < -0.3 is 10.0 Å². The number of anilines is 1. The van der Waals surface area contributed by atoms with Crippen molar-refractivity contribution < 1.29 is 14.7 Å². The first-order chi connectivity index (χ1) is 10.2. The zero-order valence-corrected chi connectivity index (χ0v) is 11.6. The van der Waals surface area contributed by atoms with Crippen LogP contribution in [0.15, 0.2) is 60.7 Å². The van der Waals surface area contributed by atoms with Gasteiger partial charge in [0, 0.05) is 17.8 Å². The third-order valence-electron chi connectivity index (χ3n) is 3.15. The van der Waals surface area contributed by atoms with Gasteiger partial charge in [0.2, 0.25) is 0 Å². The number of carbonyl (C=O) groups is 2. The molecule has 108 valence electrons. The van der Waals surface area contributed by atoms with Gasteiger partial charge in [-0.2, -0.15) is 0 Å². The van der Waals surface area contributed by atoms with Crippen LogP contribution in [0.5, 0.6) is 0 Å². The Morgan fingerprint density at radius 1 is 0.905 bits per heavy atom. The average Bonchev–Trinajstić information content (AvgIpc) is 2.52. The summed E-state index contributed by atoms with van der Waals surface area (Å²) in [7, 11) is 0. The fourth-order valence-electron chi connectivity index (χ4n) is 2.06. The van der Waals surface area contributed by atoms with E-state index < -0.39 is 5.97 Å². The molecule has 0 aliphatic rings. The Labute approximate surface area is 123 Å². The number of carbonyl (C=O) groups excluding carboxylic acids is 1. The monoisotopic (exact) mass is 283 g/mol. The van der Waals surface area contributed by atoms with Crippen molar-refractivity contribution in [1.29, 1.82) is 0 Å². The smallest absolute Gasteiger partial charge is 0.305 e. The lowest BCUT2D eigenvalue weighted by molar-refractivity contribution is -0.136. The molecule has 0 saturated heterocycles. The van der Waals surface area contributed by atoms with E-state index in [4.69, 9.17) is 5.11 Å². The second-order valence-electron chi connectivity index (χ2n) is 4.69. The summed E-state index contributed by atoms with van der Waals surface area (Å²) < 4.78 is 0. The fourth-order valence-corrected chi connectivity index (χ4v) is 2.06. The minimum absolute atomic E-state index is 0.00301. The van der Waals surface area contributed by atoms with Gasteiger partial charge in [0.1, 0.15) is 0 Å². The molecule has 2 aromatic rings. The number of nitrogens with zero attached hydrogens (tertiary/aromatic N) is 1. The van der Waals surface area contributed by atoms with Crippen molar-refractivity contribution in [3.05, 3.63) is 66.2 Å². The molecule has 0 aliphatic carbocycles. The highest BCUT2D eigenvalue weighted by molar-refractivity contribution is 5.99. The Morgan fingerprint density at radius 2 is 1.48 bits per heavy atom. The first-order valence-electron chi connectivity index (χ1n) is 6.77.